The monoisotopic (exact) mass is 329 g/mol. The highest BCUT2D eigenvalue weighted by molar-refractivity contribution is 5.76. The molecule has 1 unspecified atom stereocenters. The molecule has 3 rings (SSSR count). The van der Waals surface area contributed by atoms with Gasteiger partial charge in [-0.25, -0.2) is 4.39 Å². The third-order valence-electron chi connectivity index (χ3n) is 4.00. The summed E-state index contributed by atoms with van der Waals surface area (Å²) in [4.78, 5) is 12.1. The maximum atomic E-state index is 12.9. The molecule has 0 fully saturated rings. The van der Waals surface area contributed by atoms with E-state index < -0.39 is 0 Å². The average Bonchev–Trinajstić information content (AvgIpc) is 2.61. The van der Waals surface area contributed by atoms with E-state index in [4.69, 9.17) is 9.47 Å². The Hall–Kier alpha value is -2.56. The van der Waals surface area contributed by atoms with Gasteiger partial charge in [0.05, 0.1) is 6.04 Å². The highest BCUT2D eigenvalue weighted by Gasteiger charge is 2.15. The van der Waals surface area contributed by atoms with E-state index in [0.29, 0.717) is 31.8 Å². The molecule has 1 aliphatic rings. The molecular weight excluding hydrogens is 309 g/mol. The molecule has 0 aromatic heterocycles. The first-order valence-electron chi connectivity index (χ1n) is 8.05. The van der Waals surface area contributed by atoms with Gasteiger partial charge >= 0.3 is 0 Å². The van der Waals surface area contributed by atoms with Gasteiger partial charge in [-0.3, -0.25) is 4.79 Å². The highest BCUT2D eigenvalue weighted by Crippen LogP contribution is 2.32. The molecule has 1 amide bonds. The van der Waals surface area contributed by atoms with Crippen LogP contribution in [0.1, 0.15) is 30.5 Å². The molecule has 1 aliphatic heterocycles. The van der Waals surface area contributed by atoms with Crippen LogP contribution >= 0.6 is 0 Å². The number of halogens is 1. The van der Waals surface area contributed by atoms with Crippen LogP contribution in [0.25, 0.3) is 0 Å². The summed E-state index contributed by atoms with van der Waals surface area (Å²) in [6.07, 6.45) is 0.945. The van der Waals surface area contributed by atoms with Gasteiger partial charge in [0.2, 0.25) is 5.91 Å². The van der Waals surface area contributed by atoms with Crippen LogP contribution in [0.5, 0.6) is 11.5 Å². The quantitative estimate of drug-likeness (QED) is 0.914. The minimum Gasteiger partial charge on any atom is -0.486 e. The Morgan fingerprint density at radius 2 is 1.83 bits per heavy atom. The molecule has 0 aliphatic carbocycles. The van der Waals surface area contributed by atoms with E-state index in [1.54, 1.807) is 12.1 Å². The number of carbonyl (C=O) groups is 1. The van der Waals surface area contributed by atoms with E-state index in [9.17, 15) is 9.18 Å². The van der Waals surface area contributed by atoms with E-state index in [2.05, 4.69) is 5.32 Å². The number of hydrogen-bond donors (Lipinski definition) is 1. The summed E-state index contributed by atoms with van der Waals surface area (Å²) in [7, 11) is 0. The van der Waals surface area contributed by atoms with Crippen molar-refractivity contribution >= 4 is 5.91 Å². The van der Waals surface area contributed by atoms with Crippen LogP contribution in [0.3, 0.4) is 0 Å². The first-order chi connectivity index (χ1) is 11.6. The number of ether oxygens (including phenoxy) is 2. The van der Waals surface area contributed by atoms with E-state index in [1.807, 2.05) is 25.1 Å². The van der Waals surface area contributed by atoms with Gasteiger partial charge in [0.1, 0.15) is 19.0 Å². The van der Waals surface area contributed by atoms with E-state index in [0.717, 1.165) is 16.9 Å². The van der Waals surface area contributed by atoms with Gasteiger partial charge in [0, 0.05) is 6.42 Å². The number of benzene rings is 2. The van der Waals surface area contributed by atoms with Crippen molar-refractivity contribution in [3.8, 4) is 11.5 Å². The topological polar surface area (TPSA) is 47.6 Å². The zero-order valence-electron chi connectivity index (χ0n) is 13.5. The largest absolute Gasteiger partial charge is 0.486 e. The number of hydrogen-bond acceptors (Lipinski definition) is 3. The molecule has 5 heteroatoms. The van der Waals surface area contributed by atoms with Crippen LogP contribution in [0.4, 0.5) is 4.39 Å². The van der Waals surface area contributed by atoms with E-state index in [1.165, 1.54) is 12.1 Å². The Balaban J connectivity index is 1.55. The molecule has 2 aromatic carbocycles. The molecule has 0 saturated carbocycles. The summed E-state index contributed by atoms with van der Waals surface area (Å²) in [6, 6.07) is 11.8. The lowest BCUT2D eigenvalue weighted by Gasteiger charge is -2.21. The maximum Gasteiger partial charge on any atom is 0.220 e. The second kappa shape index (κ2) is 7.34. The van der Waals surface area contributed by atoms with Gasteiger partial charge in [-0.15, -0.1) is 0 Å². The van der Waals surface area contributed by atoms with E-state index in [-0.39, 0.29) is 17.8 Å². The molecule has 1 atom stereocenters. The van der Waals surface area contributed by atoms with Gasteiger partial charge in [-0.2, -0.15) is 0 Å². The highest BCUT2D eigenvalue weighted by atomic mass is 19.1. The van der Waals surface area contributed by atoms with Crippen LogP contribution in [0.2, 0.25) is 0 Å². The summed E-state index contributed by atoms with van der Waals surface area (Å²) in [5.41, 5.74) is 1.91. The molecule has 0 spiro atoms. The van der Waals surface area contributed by atoms with Crippen molar-refractivity contribution in [3.63, 3.8) is 0 Å². The van der Waals surface area contributed by atoms with Crippen LogP contribution in [-0.2, 0) is 11.2 Å². The van der Waals surface area contributed by atoms with Crippen molar-refractivity contribution < 1.29 is 18.7 Å². The number of rotatable bonds is 5. The molecule has 0 saturated heterocycles. The summed E-state index contributed by atoms with van der Waals surface area (Å²) < 4.78 is 23.9. The third-order valence-corrected chi connectivity index (χ3v) is 4.00. The second-order valence-corrected chi connectivity index (χ2v) is 5.82. The van der Waals surface area contributed by atoms with Crippen LogP contribution < -0.4 is 14.8 Å². The van der Waals surface area contributed by atoms with Crippen LogP contribution in [0.15, 0.2) is 42.5 Å². The summed E-state index contributed by atoms with van der Waals surface area (Å²) in [5.74, 6) is 1.14. The van der Waals surface area contributed by atoms with Crippen molar-refractivity contribution in [3.05, 3.63) is 59.4 Å². The Morgan fingerprint density at radius 1 is 1.12 bits per heavy atom. The Bertz CT molecular complexity index is 715. The predicted molar refractivity (Wildman–Crippen MR) is 88.7 cm³/mol. The first-order valence-corrected chi connectivity index (χ1v) is 8.05. The molecule has 4 nitrogen and oxygen atoms in total. The smallest absolute Gasteiger partial charge is 0.220 e. The zero-order chi connectivity index (χ0) is 16.9. The molecule has 2 aromatic rings. The SMILES string of the molecule is CC(NC(=O)CCc1ccc(F)cc1)c1ccc2c(c1)OCCO2. The Kier molecular flexibility index (Phi) is 4.99. The Morgan fingerprint density at radius 3 is 2.58 bits per heavy atom. The molecule has 0 radical (unpaired) electrons. The van der Waals surface area contributed by atoms with Gasteiger partial charge in [-0.1, -0.05) is 18.2 Å². The number of nitrogens with one attached hydrogen (secondary N) is 1. The fraction of sp³-hybridized carbons (Fsp3) is 0.316. The molecule has 0 bridgehead atoms. The molecule has 24 heavy (non-hydrogen) atoms. The second-order valence-electron chi connectivity index (χ2n) is 5.82. The van der Waals surface area contributed by atoms with Crippen molar-refractivity contribution in [1.29, 1.82) is 0 Å². The average molecular weight is 329 g/mol. The van der Waals surface area contributed by atoms with Gasteiger partial charge in [0.15, 0.2) is 11.5 Å². The normalized spacial score (nSPS) is 14.1. The number of aryl methyl sites for hydroxylation is 1. The summed E-state index contributed by atoms with van der Waals surface area (Å²) >= 11 is 0. The van der Waals surface area contributed by atoms with Crippen molar-refractivity contribution in [2.75, 3.05) is 13.2 Å². The molecular formula is C19H20FNO3. The van der Waals surface area contributed by atoms with Crippen LogP contribution in [-0.4, -0.2) is 19.1 Å². The van der Waals surface area contributed by atoms with Crippen molar-refractivity contribution in [2.24, 2.45) is 0 Å². The lowest BCUT2D eigenvalue weighted by atomic mass is 10.1. The third kappa shape index (κ3) is 4.04. The minimum atomic E-state index is -0.268. The van der Waals surface area contributed by atoms with Crippen LogP contribution in [0, 0.1) is 5.82 Å². The number of amides is 1. The Labute approximate surface area is 140 Å². The summed E-state index contributed by atoms with van der Waals surface area (Å²) in [5, 5.41) is 2.98. The lowest BCUT2D eigenvalue weighted by molar-refractivity contribution is -0.121. The van der Waals surface area contributed by atoms with E-state index >= 15 is 0 Å². The van der Waals surface area contributed by atoms with Gasteiger partial charge < -0.3 is 14.8 Å². The molecule has 1 heterocycles. The van der Waals surface area contributed by atoms with Gasteiger partial charge in [-0.05, 0) is 48.7 Å². The molecule has 126 valence electrons. The van der Waals surface area contributed by atoms with Crippen molar-refractivity contribution in [2.45, 2.75) is 25.8 Å². The number of carbonyl (C=O) groups excluding carboxylic acids is 1. The maximum absolute atomic E-state index is 12.9. The standard InChI is InChI=1S/C19H20FNO3/c1-13(15-5-8-17-18(12-15)24-11-10-23-17)21-19(22)9-4-14-2-6-16(20)7-3-14/h2-3,5-8,12-13H,4,9-11H2,1H3,(H,21,22). The van der Waals surface area contributed by atoms with Crippen molar-refractivity contribution in [1.82, 2.24) is 5.32 Å². The lowest BCUT2D eigenvalue weighted by Crippen LogP contribution is -2.27. The first kappa shape index (κ1) is 16.3. The zero-order valence-corrected chi connectivity index (χ0v) is 13.5. The fourth-order valence-electron chi connectivity index (χ4n) is 2.64. The molecule has 1 N–H and O–H groups in total. The minimum absolute atomic E-state index is 0.0401. The number of fused-ring (bicyclic) bond motifs is 1. The summed E-state index contributed by atoms with van der Waals surface area (Å²) in [6.45, 7) is 3.03. The fourth-order valence-corrected chi connectivity index (χ4v) is 2.64. The van der Waals surface area contributed by atoms with Gasteiger partial charge in [0.25, 0.3) is 0 Å². The predicted octanol–water partition coefficient (Wildman–Crippen LogP) is 3.41.